The average molecular weight is 287 g/mol. The maximum atomic E-state index is 11.4. The minimum atomic E-state index is -0.392. The van der Waals surface area contributed by atoms with Crippen molar-refractivity contribution in [3.63, 3.8) is 0 Å². The van der Waals surface area contributed by atoms with Crippen LogP contribution in [0.15, 0.2) is 28.7 Å². The van der Waals surface area contributed by atoms with E-state index in [1.54, 1.807) is 24.3 Å². The van der Waals surface area contributed by atoms with E-state index in [4.69, 9.17) is 4.84 Å². The third-order valence-corrected chi connectivity index (χ3v) is 2.28. The molecule has 16 heavy (non-hydrogen) atoms. The van der Waals surface area contributed by atoms with Gasteiger partial charge in [-0.05, 0) is 24.3 Å². The molecule has 6 heteroatoms. The monoisotopic (exact) mass is 286 g/mol. The Morgan fingerprint density at radius 3 is 2.50 bits per heavy atom. The molecule has 0 radical (unpaired) electrons. The van der Waals surface area contributed by atoms with E-state index >= 15 is 0 Å². The molecule has 0 aliphatic carbocycles. The van der Waals surface area contributed by atoms with Crippen molar-refractivity contribution in [2.24, 2.45) is 0 Å². The normalized spacial score (nSPS) is 9.62. The van der Waals surface area contributed by atoms with Gasteiger partial charge in [0.1, 0.15) is 0 Å². The maximum absolute atomic E-state index is 11.4. The van der Waals surface area contributed by atoms with Gasteiger partial charge in [0.25, 0.3) is 5.91 Å². The van der Waals surface area contributed by atoms with Crippen molar-refractivity contribution in [3.8, 4) is 0 Å². The Labute approximate surface area is 101 Å². The number of rotatable bonds is 4. The van der Waals surface area contributed by atoms with Crippen LogP contribution in [0.25, 0.3) is 0 Å². The Morgan fingerprint density at radius 1 is 1.31 bits per heavy atom. The molecule has 1 aromatic carbocycles. The number of hydrogen-bond acceptors (Lipinski definition) is 3. The molecule has 0 spiro atoms. The molecule has 0 aliphatic heterocycles. The largest absolute Gasteiger partial charge is 0.357 e. The van der Waals surface area contributed by atoms with Crippen molar-refractivity contribution in [1.29, 1.82) is 0 Å². The van der Waals surface area contributed by atoms with Gasteiger partial charge in [-0.25, -0.2) is 5.48 Å². The van der Waals surface area contributed by atoms with E-state index in [2.05, 4.69) is 26.7 Å². The summed E-state index contributed by atoms with van der Waals surface area (Å²) >= 11 is 3.26. The van der Waals surface area contributed by atoms with Gasteiger partial charge in [0.15, 0.2) is 6.61 Å². The predicted molar refractivity (Wildman–Crippen MR) is 61.6 cm³/mol. The Bertz CT molecular complexity index is 378. The number of nitrogens with one attached hydrogen (secondary N) is 2. The second kappa shape index (κ2) is 6.24. The third-order valence-electron chi connectivity index (χ3n) is 1.75. The molecule has 0 saturated carbocycles. The van der Waals surface area contributed by atoms with Crippen LogP contribution in [0.1, 0.15) is 10.4 Å². The first-order chi connectivity index (χ1) is 7.63. The SMILES string of the molecule is CNC(=O)CONC(=O)c1ccc(Br)cc1. The molecular weight excluding hydrogens is 276 g/mol. The van der Waals surface area contributed by atoms with Crippen LogP contribution in [0, 0.1) is 0 Å². The second-order valence-corrected chi connectivity index (χ2v) is 3.82. The Kier molecular flexibility index (Phi) is 4.94. The first-order valence-corrected chi connectivity index (χ1v) is 5.31. The summed E-state index contributed by atoms with van der Waals surface area (Å²) in [5, 5.41) is 2.36. The van der Waals surface area contributed by atoms with Gasteiger partial charge in [-0.3, -0.25) is 14.4 Å². The number of benzene rings is 1. The van der Waals surface area contributed by atoms with E-state index in [0.29, 0.717) is 5.56 Å². The number of halogens is 1. The Morgan fingerprint density at radius 2 is 1.94 bits per heavy atom. The minimum Gasteiger partial charge on any atom is -0.357 e. The van der Waals surface area contributed by atoms with Crippen molar-refractivity contribution in [2.45, 2.75) is 0 Å². The van der Waals surface area contributed by atoms with Crippen LogP contribution in [-0.4, -0.2) is 25.5 Å². The molecule has 0 fully saturated rings. The van der Waals surface area contributed by atoms with Gasteiger partial charge in [0.05, 0.1) is 0 Å². The molecule has 0 aliphatic rings. The molecule has 2 N–H and O–H groups in total. The highest BCUT2D eigenvalue weighted by Crippen LogP contribution is 2.10. The summed E-state index contributed by atoms with van der Waals surface area (Å²) in [6.07, 6.45) is 0. The molecular formula is C10H11BrN2O3. The standard InChI is InChI=1S/C10H11BrN2O3/c1-12-9(14)6-16-13-10(15)7-2-4-8(11)5-3-7/h2-5H,6H2,1H3,(H,12,14)(H,13,15). The molecule has 0 atom stereocenters. The van der Waals surface area contributed by atoms with Crippen LogP contribution in [-0.2, 0) is 9.63 Å². The molecule has 0 saturated heterocycles. The van der Waals surface area contributed by atoms with Crippen molar-refractivity contribution in [2.75, 3.05) is 13.7 Å². The van der Waals surface area contributed by atoms with E-state index in [-0.39, 0.29) is 12.5 Å². The van der Waals surface area contributed by atoms with Gasteiger partial charge in [0, 0.05) is 17.1 Å². The summed E-state index contributed by atoms with van der Waals surface area (Å²) in [4.78, 5) is 26.9. The van der Waals surface area contributed by atoms with Gasteiger partial charge in [-0.1, -0.05) is 15.9 Å². The van der Waals surface area contributed by atoms with Crippen LogP contribution in [0.4, 0.5) is 0 Å². The molecule has 0 unspecified atom stereocenters. The summed E-state index contributed by atoms with van der Waals surface area (Å²) in [6, 6.07) is 6.77. The lowest BCUT2D eigenvalue weighted by atomic mass is 10.2. The van der Waals surface area contributed by atoms with Crippen molar-refractivity contribution in [1.82, 2.24) is 10.8 Å². The predicted octanol–water partition coefficient (Wildman–Crippen LogP) is 0.857. The van der Waals surface area contributed by atoms with E-state index in [9.17, 15) is 9.59 Å². The molecule has 0 bridgehead atoms. The topological polar surface area (TPSA) is 67.4 Å². The minimum absolute atomic E-state index is 0.210. The summed E-state index contributed by atoms with van der Waals surface area (Å²) in [7, 11) is 1.49. The Hall–Kier alpha value is -1.40. The lowest BCUT2D eigenvalue weighted by Gasteiger charge is -2.04. The zero-order valence-corrected chi connectivity index (χ0v) is 10.2. The van der Waals surface area contributed by atoms with Gasteiger partial charge in [0.2, 0.25) is 5.91 Å². The van der Waals surface area contributed by atoms with Gasteiger partial charge < -0.3 is 5.32 Å². The number of hydroxylamine groups is 1. The highest BCUT2D eigenvalue weighted by Gasteiger charge is 2.05. The van der Waals surface area contributed by atoms with Crippen molar-refractivity contribution in [3.05, 3.63) is 34.3 Å². The van der Waals surface area contributed by atoms with Crippen LogP contribution in [0.5, 0.6) is 0 Å². The number of likely N-dealkylation sites (N-methyl/N-ethyl adjacent to an activating group) is 1. The zero-order valence-electron chi connectivity index (χ0n) is 8.62. The summed E-state index contributed by atoms with van der Waals surface area (Å²) in [5.41, 5.74) is 2.63. The summed E-state index contributed by atoms with van der Waals surface area (Å²) < 4.78 is 0.885. The quantitative estimate of drug-likeness (QED) is 0.807. The van der Waals surface area contributed by atoms with Crippen LogP contribution in [0.3, 0.4) is 0 Å². The number of amides is 2. The van der Waals surface area contributed by atoms with Gasteiger partial charge >= 0.3 is 0 Å². The number of carbonyl (C=O) groups is 2. The molecule has 2 amide bonds. The van der Waals surface area contributed by atoms with Crippen molar-refractivity contribution >= 4 is 27.7 Å². The maximum Gasteiger partial charge on any atom is 0.274 e. The van der Waals surface area contributed by atoms with E-state index < -0.39 is 5.91 Å². The molecule has 5 nitrogen and oxygen atoms in total. The van der Waals surface area contributed by atoms with E-state index in [1.807, 2.05) is 0 Å². The molecule has 1 rings (SSSR count). The first kappa shape index (κ1) is 12.7. The second-order valence-electron chi connectivity index (χ2n) is 2.90. The zero-order chi connectivity index (χ0) is 12.0. The smallest absolute Gasteiger partial charge is 0.274 e. The number of carbonyl (C=O) groups excluding carboxylic acids is 2. The summed E-state index contributed by atoms with van der Waals surface area (Å²) in [5.74, 6) is -0.701. The highest BCUT2D eigenvalue weighted by atomic mass is 79.9. The summed E-state index contributed by atoms with van der Waals surface area (Å²) in [6.45, 7) is -0.210. The fourth-order valence-electron chi connectivity index (χ4n) is 0.900. The first-order valence-electron chi connectivity index (χ1n) is 4.51. The van der Waals surface area contributed by atoms with Crippen LogP contribution >= 0.6 is 15.9 Å². The Balaban J connectivity index is 2.41. The van der Waals surface area contributed by atoms with E-state index in [0.717, 1.165) is 4.47 Å². The average Bonchev–Trinajstić information content (AvgIpc) is 2.29. The lowest BCUT2D eigenvalue weighted by Crippen LogP contribution is -2.31. The van der Waals surface area contributed by atoms with Gasteiger partial charge in [-0.2, -0.15) is 0 Å². The lowest BCUT2D eigenvalue weighted by molar-refractivity contribution is -0.126. The molecule has 86 valence electrons. The van der Waals surface area contributed by atoms with E-state index in [1.165, 1.54) is 7.05 Å². The molecule has 1 aromatic rings. The van der Waals surface area contributed by atoms with Gasteiger partial charge in [-0.15, -0.1) is 0 Å². The van der Waals surface area contributed by atoms with Crippen LogP contribution < -0.4 is 10.8 Å². The van der Waals surface area contributed by atoms with Crippen molar-refractivity contribution < 1.29 is 14.4 Å². The molecule has 0 heterocycles. The third kappa shape index (κ3) is 4.00. The molecule has 0 aromatic heterocycles. The highest BCUT2D eigenvalue weighted by molar-refractivity contribution is 9.10. The fourth-order valence-corrected chi connectivity index (χ4v) is 1.16. The fraction of sp³-hybridized carbons (Fsp3) is 0.200. The number of hydrogen-bond donors (Lipinski definition) is 2. The van der Waals surface area contributed by atoms with Crippen LogP contribution in [0.2, 0.25) is 0 Å².